The van der Waals surface area contributed by atoms with Crippen molar-refractivity contribution in [1.82, 2.24) is 0 Å². The van der Waals surface area contributed by atoms with Gasteiger partial charge in [0.25, 0.3) is 0 Å². The van der Waals surface area contributed by atoms with Gasteiger partial charge in [-0.15, -0.1) is 0 Å². The summed E-state index contributed by atoms with van der Waals surface area (Å²) >= 11 is 1.28. The van der Waals surface area contributed by atoms with Gasteiger partial charge in [-0.3, -0.25) is 5.14 Å². The maximum atomic E-state index is 5.47. The Morgan fingerprint density at radius 1 is 1.42 bits per heavy atom. The van der Waals surface area contributed by atoms with Crippen molar-refractivity contribution < 1.29 is 0 Å². The molecule has 0 unspecified atom stereocenters. The van der Waals surface area contributed by atoms with E-state index in [9.17, 15) is 0 Å². The van der Waals surface area contributed by atoms with Crippen molar-refractivity contribution in [3.05, 3.63) is 29.3 Å². The van der Waals surface area contributed by atoms with Gasteiger partial charge in [0.2, 0.25) is 0 Å². The number of hydrogen-bond acceptors (Lipinski definition) is 3. The number of aryl methyl sites for hydroxylation is 1. The van der Waals surface area contributed by atoms with Crippen LogP contribution in [-0.4, -0.2) is 6.54 Å². The van der Waals surface area contributed by atoms with E-state index in [4.69, 9.17) is 10.9 Å². The Hall–Kier alpha value is -0.510. The second-order valence-corrected chi connectivity index (χ2v) is 3.45. The highest BCUT2D eigenvalue weighted by molar-refractivity contribution is 7.97. The lowest BCUT2D eigenvalue weighted by atomic mass is 10.1. The standard InChI is InChI=1S/C9H14N2S/c1-7-6-9(12-11)3-2-8(7)4-5-10/h2-3,6H,4-5,10-11H2,1H3. The minimum atomic E-state index is 0.704. The molecular weight excluding hydrogens is 168 g/mol. The third-order valence-electron chi connectivity index (χ3n) is 1.86. The number of hydrogen-bond donors (Lipinski definition) is 2. The van der Waals surface area contributed by atoms with Crippen LogP contribution in [0.4, 0.5) is 0 Å². The van der Waals surface area contributed by atoms with Gasteiger partial charge in [0.05, 0.1) is 0 Å². The molecule has 0 saturated carbocycles. The highest BCUT2D eigenvalue weighted by atomic mass is 32.2. The second-order valence-electron chi connectivity index (χ2n) is 2.74. The molecule has 0 bridgehead atoms. The molecule has 66 valence electrons. The van der Waals surface area contributed by atoms with Gasteiger partial charge in [0.15, 0.2) is 0 Å². The van der Waals surface area contributed by atoms with Crippen molar-refractivity contribution in [3.63, 3.8) is 0 Å². The molecule has 0 spiro atoms. The molecule has 1 aromatic carbocycles. The highest BCUT2D eigenvalue weighted by Crippen LogP contribution is 2.17. The van der Waals surface area contributed by atoms with Crippen LogP contribution < -0.4 is 10.9 Å². The molecule has 1 aromatic rings. The molecule has 0 aliphatic carbocycles. The summed E-state index contributed by atoms with van der Waals surface area (Å²) in [6.07, 6.45) is 0.946. The quantitative estimate of drug-likeness (QED) is 0.696. The van der Waals surface area contributed by atoms with Gasteiger partial charge in [-0.1, -0.05) is 6.07 Å². The lowest BCUT2D eigenvalue weighted by Crippen LogP contribution is -2.04. The van der Waals surface area contributed by atoms with Gasteiger partial charge in [-0.2, -0.15) is 0 Å². The summed E-state index contributed by atoms with van der Waals surface area (Å²) in [5, 5.41) is 5.43. The number of benzene rings is 1. The maximum Gasteiger partial charge on any atom is 0.0228 e. The Labute approximate surface area is 77.5 Å². The van der Waals surface area contributed by atoms with E-state index in [1.54, 1.807) is 0 Å². The topological polar surface area (TPSA) is 52.0 Å². The van der Waals surface area contributed by atoms with Gasteiger partial charge < -0.3 is 5.73 Å². The lowest BCUT2D eigenvalue weighted by molar-refractivity contribution is 0.955. The molecule has 0 aliphatic heterocycles. The van der Waals surface area contributed by atoms with Crippen molar-refractivity contribution >= 4 is 11.9 Å². The van der Waals surface area contributed by atoms with Crippen LogP contribution in [0.5, 0.6) is 0 Å². The van der Waals surface area contributed by atoms with Gasteiger partial charge in [0.1, 0.15) is 0 Å². The van der Waals surface area contributed by atoms with Crippen LogP contribution in [0.2, 0.25) is 0 Å². The molecule has 0 saturated heterocycles. The molecule has 0 fully saturated rings. The molecule has 1 rings (SSSR count). The van der Waals surface area contributed by atoms with E-state index in [1.165, 1.54) is 23.1 Å². The highest BCUT2D eigenvalue weighted by Gasteiger charge is 1.98. The normalized spacial score (nSPS) is 10.2. The zero-order valence-corrected chi connectivity index (χ0v) is 8.03. The molecular formula is C9H14N2S. The first-order chi connectivity index (χ1) is 5.77. The van der Waals surface area contributed by atoms with E-state index in [0.717, 1.165) is 11.3 Å². The first-order valence-corrected chi connectivity index (χ1v) is 4.82. The minimum absolute atomic E-state index is 0.704. The third kappa shape index (κ3) is 2.24. The van der Waals surface area contributed by atoms with Crippen molar-refractivity contribution in [2.45, 2.75) is 18.2 Å². The first kappa shape index (κ1) is 9.58. The Morgan fingerprint density at radius 3 is 2.67 bits per heavy atom. The fourth-order valence-electron chi connectivity index (χ4n) is 1.18. The van der Waals surface area contributed by atoms with E-state index in [0.29, 0.717) is 6.54 Å². The van der Waals surface area contributed by atoms with Crippen LogP contribution in [0.1, 0.15) is 11.1 Å². The smallest absolute Gasteiger partial charge is 0.0228 e. The van der Waals surface area contributed by atoms with Crippen LogP contribution in [0.15, 0.2) is 23.1 Å². The first-order valence-electron chi connectivity index (χ1n) is 3.94. The average molecular weight is 182 g/mol. The van der Waals surface area contributed by atoms with Crippen molar-refractivity contribution in [2.75, 3.05) is 6.54 Å². The summed E-state index contributed by atoms with van der Waals surface area (Å²) in [6.45, 7) is 2.79. The summed E-state index contributed by atoms with van der Waals surface area (Å²) < 4.78 is 0. The summed E-state index contributed by atoms with van der Waals surface area (Å²) in [7, 11) is 0. The average Bonchev–Trinajstić information content (AvgIpc) is 2.09. The van der Waals surface area contributed by atoms with Crippen molar-refractivity contribution in [3.8, 4) is 0 Å². The zero-order chi connectivity index (χ0) is 8.97. The Bertz CT molecular complexity index is 261. The van der Waals surface area contributed by atoms with Crippen LogP contribution in [0.25, 0.3) is 0 Å². The SMILES string of the molecule is Cc1cc(SN)ccc1CCN. The molecule has 2 nitrogen and oxygen atoms in total. The summed E-state index contributed by atoms with van der Waals surface area (Å²) in [4.78, 5) is 1.10. The molecule has 12 heavy (non-hydrogen) atoms. The minimum Gasteiger partial charge on any atom is -0.330 e. The van der Waals surface area contributed by atoms with E-state index in [-0.39, 0.29) is 0 Å². The van der Waals surface area contributed by atoms with E-state index in [1.807, 2.05) is 6.07 Å². The summed E-state index contributed by atoms with van der Waals surface area (Å²) in [5.74, 6) is 0. The van der Waals surface area contributed by atoms with Crippen LogP contribution in [0.3, 0.4) is 0 Å². The fourth-order valence-corrected chi connectivity index (χ4v) is 1.57. The Kier molecular flexibility index (Phi) is 3.59. The molecule has 0 amide bonds. The molecule has 0 radical (unpaired) electrons. The largest absolute Gasteiger partial charge is 0.330 e. The molecule has 0 atom stereocenters. The van der Waals surface area contributed by atoms with E-state index in [2.05, 4.69) is 19.1 Å². The van der Waals surface area contributed by atoms with E-state index >= 15 is 0 Å². The fraction of sp³-hybridized carbons (Fsp3) is 0.333. The maximum absolute atomic E-state index is 5.47. The monoisotopic (exact) mass is 182 g/mol. The predicted octanol–water partition coefficient (Wildman–Crippen LogP) is 1.46. The molecule has 0 aromatic heterocycles. The predicted molar refractivity (Wildman–Crippen MR) is 54.0 cm³/mol. The Morgan fingerprint density at radius 2 is 2.17 bits per heavy atom. The van der Waals surface area contributed by atoms with Gasteiger partial charge in [-0.05, 0) is 55.1 Å². The van der Waals surface area contributed by atoms with Crippen molar-refractivity contribution in [2.24, 2.45) is 10.9 Å². The van der Waals surface area contributed by atoms with Gasteiger partial charge >= 0.3 is 0 Å². The second kappa shape index (κ2) is 4.50. The molecule has 0 aliphatic rings. The van der Waals surface area contributed by atoms with Gasteiger partial charge in [-0.25, -0.2) is 0 Å². The van der Waals surface area contributed by atoms with Gasteiger partial charge in [0, 0.05) is 4.90 Å². The molecule has 3 heteroatoms. The summed E-state index contributed by atoms with van der Waals surface area (Å²) in [6, 6.07) is 6.22. The zero-order valence-electron chi connectivity index (χ0n) is 7.21. The molecule has 0 heterocycles. The van der Waals surface area contributed by atoms with Crippen LogP contribution in [0, 0.1) is 6.92 Å². The van der Waals surface area contributed by atoms with Crippen LogP contribution >= 0.6 is 11.9 Å². The third-order valence-corrected chi connectivity index (χ3v) is 2.39. The van der Waals surface area contributed by atoms with Crippen LogP contribution in [-0.2, 0) is 6.42 Å². The summed E-state index contributed by atoms with van der Waals surface area (Å²) in [5.41, 5.74) is 8.06. The van der Waals surface area contributed by atoms with Crippen molar-refractivity contribution in [1.29, 1.82) is 0 Å². The van der Waals surface area contributed by atoms with E-state index < -0.39 is 0 Å². The number of rotatable bonds is 3. The lowest BCUT2D eigenvalue weighted by Gasteiger charge is -2.05. The molecule has 4 N–H and O–H groups in total. The Balaban J connectivity index is 2.87. The number of nitrogens with two attached hydrogens (primary N) is 2.